The molecular weight excluding hydrogens is 370 g/mol. The van der Waals surface area contributed by atoms with Crippen LogP contribution in [0.2, 0.25) is 0 Å². The first-order valence-electron chi connectivity index (χ1n) is 9.27. The van der Waals surface area contributed by atoms with E-state index in [2.05, 4.69) is 17.2 Å². The summed E-state index contributed by atoms with van der Waals surface area (Å²) in [6.07, 6.45) is 1.31. The Kier molecular flexibility index (Phi) is 7.08. The summed E-state index contributed by atoms with van der Waals surface area (Å²) in [6.45, 7) is 8.00. The Bertz CT molecular complexity index is 945. The summed E-state index contributed by atoms with van der Waals surface area (Å²) in [5.74, 6) is 5.87. The first-order chi connectivity index (χ1) is 13.6. The molecule has 0 fully saturated rings. The fourth-order valence-electron chi connectivity index (χ4n) is 2.50. The predicted molar refractivity (Wildman–Crippen MR) is 111 cm³/mol. The molecule has 0 bridgehead atoms. The largest absolute Gasteiger partial charge is 0.444 e. The molecule has 1 aromatic carbocycles. The number of carbonyl (C=O) groups is 2. The molecule has 2 aromatic rings. The van der Waals surface area contributed by atoms with Crippen molar-refractivity contribution in [3.63, 3.8) is 0 Å². The van der Waals surface area contributed by atoms with E-state index in [0.717, 1.165) is 5.56 Å². The van der Waals surface area contributed by atoms with E-state index < -0.39 is 11.7 Å². The lowest BCUT2D eigenvalue weighted by Gasteiger charge is -2.19. The zero-order valence-corrected chi connectivity index (χ0v) is 17.7. The van der Waals surface area contributed by atoms with Crippen LogP contribution in [0.4, 0.5) is 10.5 Å². The van der Waals surface area contributed by atoms with E-state index in [1.807, 2.05) is 23.8 Å². The summed E-state index contributed by atoms with van der Waals surface area (Å²) in [4.78, 5) is 29.3. The standard InChI is InChI=1S/C22H27N3O4/c1-7-25-15-17(14-19(25)20(26)24(5)28-6)12-11-16-9-8-10-18(13-16)23-21(27)29-22(2,3)4/h8-10,13-15H,7H2,1-6H3,(H,23,27). The van der Waals surface area contributed by atoms with Gasteiger partial charge in [0.25, 0.3) is 5.91 Å². The Balaban J connectivity index is 2.19. The fourth-order valence-corrected chi connectivity index (χ4v) is 2.50. The average Bonchev–Trinajstić information content (AvgIpc) is 3.07. The van der Waals surface area contributed by atoms with E-state index in [0.29, 0.717) is 23.5 Å². The molecular formula is C22H27N3O4. The molecule has 0 radical (unpaired) electrons. The van der Waals surface area contributed by atoms with Gasteiger partial charge in [-0.2, -0.15) is 0 Å². The SMILES string of the molecule is CCn1cc(C#Cc2cccc(NC(=O)OC(C)(C)C)c2)cc1C(=O)N(C)OC. The molecule has 1 aromatic heterocycles. The lowest BCUT2D eigenvalue weighted by molar-refractivity contribution is -0.0763. The van der Waals surface area contributed by atoms with Crippen molar-refractivity contribution in [1.29, 1.82) is 0 Å². The normalized spacial score (nSPS) is 10.7. The van der Waals surface area contributed by atoms with Crippen LogP contribution in [0, 0.1) is 11.8 Å². The van der Waals surface area contributed by atoms with Gasteiger partial charge in [0.1, 0.15) is 11.3 Å². The number of aromatic nitrogens is 1. The second kappa shape index (κ2) is 9.30. The second-order valence-electron chi connectivity index (χ2n) is 7.34. The number of aryl methyl sites for hydroxylation is 1. The third kappa shape index (κ3) is 6.40. The molecule has 29 heavy (non-hydrogen) atoms. The van der Waals surface area contributed by atoms with Crippen molar-refractivity contribution in [1.82, 2.24) is 9.63 Å². The Hall–Kier alpha value is -3.24. The molecule has 1 heterocycles. The van der Waals surface area contributed by atoms with Gasteiger partial charge in [-0.3, -0.25) is 14.9 Å². The summed E-state index contributed by atoms with van der Waals surface area (Å²) in [5.41, 5.74) is 1.96. The van der Waals surface area contributed by atoms with Gasteiger partial charge < -0.3 is 9.30 Å². The number of anilines is 1. The summed E-state index contributed by atoms with van der Waals surface area (Å²) in [6, 6.07) is 8.90. The lowest BCUT2D eigenvalue weighted by atomic mass is 10.2. The maximum atomic E-state index is 12.4. The first kappa shape index (κ1) is 22.1. The molecule has 0 spiro atoms. The van der Waals surface area contributed by atoms with E-state index in [1.54, 1.807) is 52.1 Å². The van der Waals surface area contributed by atoms with Gasteiger partial charge >= 0.3 is 6.09 Å². The molecule has 0 aliphatic carbocycles. The number of hydrogen-bond donors (Lipinski definition) is 1. The van der Waals surface area contributed by atoms with Crippen molar-refractivity contribution in [3.05, 3.63) is 53.3 Å². The molecule has 0 saturated heterocycles. The summed E-state index contributed by atoms with van der Waals surface area (Å²) in [5, 5.41) is 3.87. The lowest BCUT2D eigenvalue weighted by Crippen LogP contribution is -2.27. The van der Waals surface area contributed by atoms with E-state index in [9.17, 15) is 9.59 Å². The van der Waals surface area contributed by atoms with Gasteiger partial charge in [-0.15, -0.1) is 0 Å². The number of amides is 2. The number of hydroxylamine groups is 2. The number of rotatable bonds is 4. The Morgan fingerprint density at radius 3 is 2.48 bits per heavy atom. The number of carbonyl (C=O) groups excluding carboxylic acids is 2. The minimum Gasteiger partial charge on any atom is -0.444 e. The minimum absolute atomic E-state index is 0.244. The zero-order chi connectivity index (χ0) is 21.6. The van der Waals surface area contributed by atoms with Gasteiger partial charge in [0, 0.05) is 36.6 Å². The van der Waals surface area contributed by atoms with Crippen molar-refractivity contribution < 1.29 is 19.2 Å². The van der Waals surface area contributed by atoms with E-state index in [-0.39, 0.29) is 5.91 Å². The first-order valence-corrected chi connectivity index (χ1v) is 9.27. The van der Waals surface area contributed by atoms with E-state index in [4.69, 9.17) is 9.57 Å². The fraction of sp³-hybridized carbons (Fsp3) is 0.364. The third-order valence-electron chi connectivity index (χ3n) is 3.88. The highest BCUT2D eigenvalue weighted by molar-refractivity contribution is 5.92. The van der Waals surface area contributed by atoms with Crippen molar-refractivity contribution in [2.24, 2.45) is 0 Å². The molecule has 0 aliphatic rings. The molecule has 7 nitrogen and oxygen atoms in total. The monoisotopic (exact) mass is 397 g/mol. The van der Waals surface area contributed by atoms with Crippen molar-refractivity contribution in [2.45, 2.75) is 39.8 Å². The van der Waals surface area contributed by atoms with E-state index >= 15 is 0 Å². The molecule has 0 saturated carbocycles. The highest BCUT2D eigenvalue weighted by atomic mass is 16.7. The van der Waals surface area contributed by atoms with Crippen LogP contribution in [0.3, 0.4) is 0 Å². The Morgan fingerprint density at radius 2 is 1.86 bits per heavy atom. The van der Waals surface area contributed by atoms with Crippen LogP contribution >= 0.6 is 0 Å². The van der Waals surface area contributed by atoms with Gasteiger partial charge in [0.15, 0.2) is 0 Å². The maximum absolute atomic E-state index is 12.4. The van der Waals surface area contributed by atoms with E-state index in [1.165, 1.54) is 12.2 Å². The van der Waals surface area contributed by atoms with Gasteiger partial charge in [-0.05, 0) is 52.0 Å². The third-order valence-corrected chi connectivity index (χ3v) is 3.88. The Morgan fingerprint density at radius 1 is 1.17 bits per heavy atom. The number of nitrogens with one attached hydrogen (secondary N) is 1. The van der Waals surface area contributed by atoms with Crippen molar-refractivity contribution in [3.8, 4) is 11.8 Å². The van der Waals surface area contributed by atoms with Gasteiger partial charge in [0.2, 0.25) is 0 Å². The summed E-state index contributed by atoms with van der Waals surface area (Å²) < 4.78 is 7.08. The van der Waals surface area contributed by atoms with Crippen LogP contribution in [0.15, 0.2) is 36.5 Å². The molecule has 0 unspecified atom stereocenters. The highest BCUT2D eigenvalue weighted by Gasteiger charge is 2.17. The second-order valence-corrected chi connectivity index (χ2v) is 7.34. The topological polar surface area (TPSA) is 72.8 Å². The number of benzene rings is 1. The van der Waals surface area contributed by atoms with Crippen LogP contribution in [0.1, 0.15) is 49.3 Å². The maximum Gasteiger partial charge on any atom is 0.412 e. The molecule has 2 amide bonds. The van der Waals surface area contributed by atoms with Crippen molar-refractivity contribution in [2.75, 3.05) is 19.5 Å². The summed E-state index contributed by atoms with van der Waals surface area (Å²) in [7, 11) is 3.00. The quantitative estimate of drug-likeness (QED) is 0.628. The highest BCUT2D eigenvalue weighted by Crippen LogP contribution is 2.14. The molecule has 7 heteroatoms. The van der Waals surface area contributed by atoms with Crippen LogP contribution in [0.5, 0.6) is 0 Å². The van der Waals surface area contributed by atoms with Crippen LogP contribution in [-0.2, 0) is 16.1 Å². The molecule has 154 valence electrons. The number of ether oxygens (including phenoxy) is 1. The summed E-state index contributed by atoms with van der Waals surface area (Å²) >= 11 is 0. The Labute approximate surface area is 171 Å². The van der Waals surface area contributed by atoms with Crippen LogP contribution in [0.25, 0.3) is 0 Å². The van der Waals surface area contributed by atoms with Gasteiger partial charge in [-0.1, -0.05) is 17.9 Å². The smallest absolute Gasteiger partial charge is 0.412 e. The van der Waals surface area contributed by atoms with Crippen LogP contribution < -0.4 is 5.32 Å². The number of hydrogen-bond acceptors (Lipinski definition) is 4. The average molecular weight is 397 g/mol. The minimum atomic E-state index is -0.569. The van der Waals surface area contributed by atoms with Crippen molar-refractivity contribution >= 4 is 17.7 Å². The molecule has 2 rings (SSSR count). The zero-order valence-electron chi connectivity index (χ0n) is 17.7. The molecule has 0 aliphatic heterocycles. The molecule has 0 atom stereocenters. The van der Waals surface area contributed by atoms with Crippen LogP contribution in [-0.4, -0.2) is 41.4 Å². The molecule has 1 N–H and O–H groups in total. The van der Waals surface area contributed by atoms with Gasteiger partial charge in [0.05, 0.1) is 7.11 Å². The van der Waals surface area contributed by atoms with Gasteiger partial charge in [-0.25, -0.2) is 9.86 Å². The number of nitrogens with zero attached hydrogens (tertiary/aromatic N) is 2. The predicted octanol–water partition coefficient (Wildman–Crippen LogP) is 3.89.